The van der Waals surface area contributed by atoms with Crippen LogP contribution in [0.25, 0.3) is 0 Å². The summed E-state index contributed by atoms with van der Waals surface area (Å²) in [7, 11) is -1.29. The summed E-state index contributed by atoms with van der Waals surface area (Å²) in [5.74, 6) is 1.94. The molecule has 3 atom stereocenters. The van der Waals surface area contributed by atoms with E-state index in [1.807, 2.05) is 55.5 Å². The summed E-state index contributed by atoms with van der Waals surface area (Å²) in [6, 6.07) is 17.8. The highest BCUT2D eigenvalue weighted by Gasteiger charge is 2.17. The molecule has 2 unspecified atom stereocenters. The van der Waals surface area contributed by atoms with Crippen LogP contribution in [0.2, 0.25) is 0 Å². The number of hydrogen-bond acceptors (Lipinski definition) is 2. The van der Waals surface area contributed by atoms with E-state index in [9.17, 15) is 4.21 Å². The third kappa shape index (κ3) is 5.62. The van der Waals surface area contributed by atoms with Crippen molar-refractivity contribution in [1.82, 2.24) is 0 Å². The molecule has 0 aliphatic rings. The topological polar surface area (TPSA) is 52.3 Å². The highest BCUT2D eigenvalue weighted by atomic mass is 32.2. The van der Waals surface area contributed by atoms with E-state index in [4.69, 9.17) is 9.88 Å². The molecule has 24 heavy (non-hydrogen) atoms. The predicted octanol–water partition coefficient (Wildman–Crippen LogP) is 4.93. The largest absolute Gasteiger partial charge is 0.457 e. The van der Waals surface area contributed by atoms with Crippen molar-refractivity contribution in [2.45, 2.75) is 37.4 Å². The molecule has 0 radical (unpaired) electrons. The zero-order chi connectivity index (χ0) is 17.4. The molecule has 2 aromatic carbocycles. The quantitative estimate of drug-likeness (QED) is 0.656. The summed E-state index contributed by atoms with van der Waals surface area (Å²) < 4.78 is 17.3. The molecule has 3 nitrogen and oxygen atoms in total. The lowest BCUT2D eigenvalue weighted by Crippen LogP contribution is -2.21. The minimum absolute atomic E-state index is 0.0277. The third-order valence-electron chi connectivity index (χ3n) is 4.06. The lowest BCUT2D eigenvalue weighted by Gasteiger charge is -2.20. The Kier molecular flexibility index (Phi) is 7.22. The molecule has 128 valence electrons. The van der Waals surface area contributed by atoms with Gasteiger partial charge in [0.2, 0.25) is 0 Å². The van der Waals surface area contributed by atoms with Gasteiger partial charge in [-0.25, -0.2) is 4.21 Å². The van der Waals surface area contributed by atoms with Crippen molar-refractivity contribution in [3.63, 3.8) is 0 Å². The molecule has 0 aromatic heterocycles. The molecule has 4 heteroatoms. The summed E-state index contributed by atoms with van der Waals surface area (Å²) in [5.41, 5.74) is 1.22. The van der Waals surface area contributed by atoms with Crippen LogP contribution < -0.4 is 9.88 Å². The Bertz CT molecular complexity index is 655. The average molecular weight is 343 g/mol. The second-order valence-electron chi connectivity index (χ2n) is 5.92. The van der Waals surface area contributed by atoms with Gasteiger partial charge in [0.1, 0.15) is 11.5 Å². The first kappa shape index (κ1) is 18.4. The lowest BCUT2D eigenvalue weighted by atomic mass is 9.90. The number of nitrogens with two attached hydrogens (primary N) is 1. The minimum atomic E-state index is -1.29. The van der Waals surface area contributed by atoms with Crippen LogP contribution in [-0.2, 0) is 11.0 Å². The van der Waals surface area contributed by atoms with Gasteiger partial charge in [-0.3, -0.25) is 5.14 Å². The SMILES string of the molecule is C=CCC[C@@H](CC(C)S(N)=O)c1ccc(Oc2ccccc2)cc1. The molecule has 0 saturated carbocycles. The van der Waals surface area contributed by atoms with Crippen LogP contribution in [0.3, 0.4) is 0 Å². The molecule has 0 aliphatic carbocycles. The predicted molar refractivity (Wildman–Crippen MR) is 102 cm³/mol. The third-order valence-corrected chi connectivity index (χ3v) is 5.05. The Labute approximate surface area is 147 Å². The van der Waals surface area contributed by atoms with Crippen molar-refractivity contribution in [1.29, 1.82) is 0 Å². The molecular weight excluding hydrogens is 318 g/mol. The van der Waals surface area contributed by atoms with Gasteiger partial charge in [-0.15, -0.1) is 6.58 Å². The first-order valence-corrected chi connectivity index (χ1v) is 9.46. The summed E-state index contributed by atoms with van der Waals surface area (Å²) in [5, 5.41) is 5.51. The van der Waals surface area contributed by atoms with Crippen molar-refractivity contribution < 1.29 is 8.95 Å². The molecule has 0 bridgehead atoms. The molecule has 2 N–H and O–H groups in total. The molecule has 0 heterocycles. The molecule has 2 rings (SSSR count). The van der Waals surface area contributed by atoms with Gasteiger partial charge >= 0.3 is 0 Å². The second-order valence-corrected chi connectivity index (χ2v) is 7.38. The summed E-state index contributed by atoms with van der Waals surface area (Å²) >= 11 is 0. The standard InChI is InChI=1S/C20H25NO2S/c1-3-4-8-18(15-16(2)24(21)22)17-11-13-20(14-12-17)23-19-9-6-5-7-10-19/h3,5-7,9-14,16,18H,1,4,8,15,21H2,2H3/t16?,18-,24?/m0/s1. The molecule has 0 fully saturated rings. The molecule has 0 spiro atoms. The highest BCUT2D eigenvalue weighted by Crippen LogP contribution is 2.30. The minimum Gasteiger partial charge on any atom is -0.457 e. The van der Waals surface area contributed by atoms with Crippen molar-refractivity contribution in [2.24, 2.45) is 5.14 Å². The first-order valence-electron chi connectivity index (χ1n) is 8.19. The van der Waals surface area contributed by atoms with E-state index in [0.717, 1.165) is 30.8 Å². The Balaban J connectivity index is 2.09. The monoisotopic (exact) mass is 343 g/mol. The van der Waals surface area contributed by atoms with Crippen LogP contribution in [0.4, 0.5) is 0 Å². The fraction of sp³-hybridized carbons (Fsp3) is 0.300. The van der Waals surface area contributed by atoms with E-state index in [1.54, 1.807) is 0 Å². The lowest BCUT2D eigenvalue weighted by molar-refractivity contribution is 0.481. The normalized spacial score (nSPS) is 14.6. The summed E-state index contributed by atoms with van der Waals surface area (Å²) in [6.07, 6.45) is 4.63. The average Bonchev–Trinajstić information content (AvgIpc) is 2.60. The van der Waals surface area contributed by atoms with E-state index in [1.165, 1.54) is 5.56 Å². The van der Waals surface area contributed by atoms with Gasteiger partial charge in [0, 0.05) is 5.25 Å². The molecule has 2 aromatic rings. The molecular formula is C20H25NO2S. The van der Waals surface area contributed by atoms with E-state index >= 15 is 0 Å². The van der Waals surface area contributed by atoms with Gasteiger partial charge < -0.3 is 4.74 Å². The Hall–Kier alpha value is -1.91. The van der Waals surface area contributed by atoms with Crippen molar-refractivity contribution in [3.8, 4) is 11.5 Å². The van der Waals surface area contributed by atoms with Gasteiger partial charge in [0.25, 0.3) is 0 Å². The number of allylic oxidation sites excluding steroid dienone is 1. The van der Waals surface area contributed by atoms with Gasteiger partial charge in [0.15, 0.2) is 0 Å². The Morgan fingerprint density at radius 3 is 2.33 bits per heavy atom. The van der Waals surface area contributed by atoms with Crippen LogP contribution in [0.15, 0.2) is 67.3 Å². The van der Waals surface area contributed by atoms with E-state index < -0.39 is 11.0 Å². The first-order chi connectivity index (χ1) is 11.6. The second kappa shape index (κ2) is 9.40. The van der Waals surface area contributed by atoms with Gasteiger partial charge in [-0.1, -0.05) is 36.4 Å². The van der Waals surface area contributed by atoms with Crippen LogP contribution in [0, 0.1) is 0 Å². The fourth-order valence-corrected chi connectivity index (χ4v) is 3.09. The van der Waals surface area contributed by atoms with E-state index in [2.05, 4.69) is 18.7 Å². The van der Waals surface area contributed by atoms with Gasteiger partial charge in [0.05, 0.1) is 11.0 Å². The zero-order valence-corrected chi connectivity index (χ0v) is 14.9. The highest BCUT2D eigenvalue weighted by molar-refractivity contribution is 7.83. The maximum atomic E-state index is 11.5. The Morgan fingerprint density at radius 2 is 1.75 bits per heavy atom. The van der Waals surface area contributed by atoms with Gasteiger partial charge in [-0.05, 0) is 61.9 Å². The number of benzene rings is 2. The van der Waals surface area contributed by atoms with Crippen molar-refractivity contribution in [3.05, 3.63) is 72.8 Å². The van der Waals surface area contributed by atoms with Crippen LogP contribution in [0.5, 0.6) is 11.5 Å². The smallest absolute Gasteiger partial charge is 0.127 e. The van der Waals surface area contributed by atoms with E-state index in [0.29, 0.717) is 5.92 Å². The molecule has 0 amide bonds. The molecule has 0 saturated heterocycles. The zero-order valence-electron chi connectivity index (χ0n) is 14.1. The molecule has 0 aliphatic heterocycles. The number of rotatable bonds is 9. The van der Waals surface area contributed by atoms with E-state index in [-0.39, 0.29) is 5.25 Å². The Morgan fingerprint density at radius 1 is 1.12 bits per heavy atom. The maximum absolute atomic E-state index is 11.5. The van der Waals surface area contributed by atoms with Crippen LogP contribution in [-0.4, -0.2) is 9.46 Å². The number of ether oxygens (including phenoxy) is 1. The number of para-hydroxylation sites is 1. The van der Waals surface area contributed by atoms with Crippen molar-refractivity contribution >= 4 is 11.0 Å². The van der Waals surface area contributed by atoms with Gasteiger partial charge in [-0.2, -0.15) is 0 Å². The van der Waals surface area contributed by atoms with Crippen LogP contribution in [0.1, 0.15) is 37.7 Å². The fourth-order valence-electron chi connectivity index (χ4n) is 2.67. The summed E-state index contributed by atoms with van der Waals surface area (Å²) in [4.78, 5) is 0. The van der Waals surface area contributed by atoms with Crippen molar-refractivity contribution in [2.75, 3.05) is 0 Å². The number of hydrogen-bond donors (Lipinski definition) is 1. The van der Waals surface area contributed by atoms with Crippen LogP contribution >= 0.6 is 0 Å². The summed E-state index contributed by atoms with van der Waals surface area (Å²) in [6.45, 7) is 5.73. The maximum Gasteiger partial charge on any atom is 0.127 e.